The summed E-state index contributed by atoms with van der Waals surface area (Å²) >= 11 is 0. The predicted octanol–water partition coefficient (Wildman–Crippen LogP) is 5.28. The van der Waals surface area contributed by atoms with Crippen LogP contribution in [0.5, 0.6) is 0 Å². The minimum atomic E-state index is -0.972. The highest BCUT2D eigenvalue weighted by atomic mass is 16.5. The fourth-order valence-electron chi connectivity index (χ4n) is 5.33. The van der Waals surface area contributed by atoms with Crippen LogP contribution in [0.1, 0.15) is 41.7 Å². The number of amides is 1. The molecule has 3 aromatic rings. The van der Waals surface area contributed by atoms with Crippen LogP contribution in [0.25, 0.3) is 11.8 Å². The number of rotatable bonds is 5. The number of carboxylic acid groups (broad SMARTS) is 1. The number of carbonyl (C=O) groups is 1. The second-order valence-corrected chi connectivity index (χ2v) is 9.46. The van der Waals surface area contributed by atoms with Crippen LogP contribution in [-0.4, -0.2) is 37.5 Å². The molecule has 2 fully saturated rings. The minimum Gasteiger partial charge on any atom is -0.465 e. The lowest BCUT2D eigenvalue weighted by atomic mass is 9.72. The van der Waals surface area contributed by atoms with Crippen molar-refractivity contribution >= 4 is 29.4 Å². The van der Waals surface area contributed by atoms with Gasteiger partial charge in [-0.3, -0.25) is 0 Å². The van der Waals surface area contributed by atoms with E-state index in [0.29, 0.717) is 19.8 Å². The molecule has 1 saturated carbocycles. The number of anilines is 2. The first-order valence-corrected chi connectivity index (χ1v) is 12.2. The molecule has 7 heteroatoms. The maximum atomic E-state index is 11.4. The van der Waals surface area contributed by atoms with Crippen molar-refractivity contribution in [2.45, 2.75) is 31.3 Å². The normalized spacial score (nSPS) is 18.9. The summed E-state index contributed by atoms with van der Waals surface area (Å²) < 4.78 is 11.8. The van der Waals surface area contributed by atoms with E-state index in [1.165, 1.54) is 0 Å². The Morgan fingerprint density at radius 2 is 1.74 bits per heavy atom. The molecule has 1 aliphatic carbocycles. The van der Waals surface area contributed by atoms with Gasteiger partial charge in [-0.15, -0.1) is 0 Å². The number of hydrogen-bond acceptors (Lipinski definition) is 5. The van der Waals surface area contributed by atoms with E-state index in [9.17, 15) is 9.90 Å². The Morgan fingerprint density at radius 1 is 1.00 bits per heavy atom. The third kappa shape index (κ3) is 4.06. The van der Waals surface area contributed by atoms with Gasteiger partial charge in [-0.25, -0.2) is 4.79 Å². The van der Waals surface area contributed by atoms with Crippen LogP contribution in [0, 0.1) is 0 Å². The Morgan fingerprint density at radius 3 is 2.40 bits per heavy atom. The fraction of sp³-hybridized carbons (Fsp3) is 0.321. The number of fused-ring (bicyclic) bond motifs is 1. The third-order valence-corrected chi connectivity index (χ3v) is 7.39. The number of nitrogens with zero attached hydrogens (tertiary/aromatic N) is 2. The quantitative estimate of drug-likeness (QED) is 0.527. The van der Waals surface area contributed by atoms with Crippen LogP contribution in [0.15, 0.2) is 65.1 Å². The van der Waals surface area contributed by atoms with Crippen LogP contribution in [0.3, 0.4) is 0 Å². The summed E-state index contributed by atoms with van der Waals surface area (Å²) in [6.07, 6.45) is 3.92. The zero-order chi connectivity index (χ0) is 23.8. The van der Waals surface area contributed by atoms with E-state index in [2.05, 4.69) is 75.8 Å². The molecule has 7 nitrogen and oxygen atoms in total. The van der Waals surface area contributed by atoms with E-state index < -0.39 is 11.6 Å². The summed E-state index contributed by atoms with van der Waals surface area (Å²) in [7, 11) is 0. The van der Waals surface area contributed by atoms with E-state index >= 15 is 0 Å². The van der Waals surface area contributed by atoms with Gasteiger partial charge in [-0.2, -0.15) is 0 Å². The van der Waals surface area contributed by atoms with Crippen LogP contribution < -0.4 is 15.1 Å². The van der Waals surface area contributed by atoms with Crippen molar-refractivity contribution in [1.82, 2.24) is 5.32 Å². The van der Waals surface area contributed by atoms with Crippen LogP contribution in [0.4, 0.5) is 16.4 Å². The predicted molar refractivity (Wildman–Crippen MR) is 135 cm³/mol. The maximum absolute atomic E-state index is 11.4. The van der Waals surface area contributed by atoms with E-state index in [-0.39, 0.29) is 0 Å². The van der Waals surface area contributed by atoms with Gasteiger partial charge < -0.3 is 29.4 Å². The van der Waals surface area contributed by atoms with Crippen molar-refractivity contribution < 1.29 is 19.1 Å². The van der Waals surface area contributed by atoms with Gasteiger partial charge in [-0.05, 0) is 48.6 Å². The molecule has 2 N–H and O–H groups in total. The maximum Gasteiger partial charge on any atom is 0.405 e. The lowest BCUT2D eigenvalue weighted by Gasteiger charge is -2.42. The van der Waals surface area contributed by atoms with Gasteiger partial charge in [0.25, 0.3) is 0 Å². The highest BCUT2D eigenvalue weighted by Crippen LogP contribution is 2.43. The van der Waals surface area contributed by atoms with Crippen molar-refractivity contribution in [3.05, 3.63) is 83.1 Å². The summed E-state index contributed by atoms with van der Waals surface area (Å²) in [5.41, 5.74) is 4.96. The molecule has 1 aromatic heterocycles. The summed E-state index contributed by atoms with van der Waals surface area (Å²) in [5.74, 6) is 1.84. The van der Waals surface area contributed by atoms with Crippen molar-refractivity contribution in [3.8, 4) is 0 Å². The van der Waals surface area contributed by atoms with Gasteiger partial charge in [0.2, 0.25) is 0 Å². The van der Waals surface area contributed by atoms with Gasteiger partial charge in [0, 0.05) is 36.1 Å². The molecule has 6 rings (SSSR count). The van der Waals surface area contributed by atoms with Crippen molar-refractivity contribution in [1.29, 1.82) is 0 Å². The number of furan rings is 1. The van der Waals surface area contributed by atoms with Crippen molar-refractivity contribution in [2.75, 3.05) is 36.1 Å². The summed E-state index contributed by atoms with van der Waals surface area (Å²) in [5, 5.41) is 12.1. The standard InChI is InChI=1S/C28H29N3O4/c32-27(33)29-28(11-4-12-28)22-7-9-23(10-8-22)31-19-25-21(17-24(31)20-5-2-1-3-6-20)18-26(35-25)30-13-15-34-16-14-30/h1-3,5-10,17-18,29H,4,11-16,19H2,(H,32,33). The first-order chi connectivity index (χ1) is 17.1. The molecule has 0 unspecified atom stereocenters. The molecule has 3 heterocycles. The lowest BCUT2D eigenvalue weighted by Crippen LogP contribution is -2.50. The summed E-state index contributed by atoms with van der Waals surface area (Å²) in [6, 6.07) is 20.8. The number of morpholine rings is 1. The molecule has 0 bridgehead atoms. The SMILES string of the molecule is O=C(O)NC1(c2ccc(N3Cc4oc(N5CCOCC5)cc4C=C3c3ccccc3)cc2)CCC1. The van der Waals surface area contributed by atoms with Crippen molar-refractivity contribution in [2.24, 2.45) is 0 Å². The topological polar surface area (TPSA) is 78.2 Å². The first-order valence-electron chi connectivity index (χ1n) is 12.2. The highest BCUT2D eigenvalue weighted by Gasteiger charge is 2.40. The fourth-order valence-corrected chi connectivity index (χ4v) is 5.33. The summed E-state index contributed by atoms with van der Waals surface area (Å²) in [6.45, 7) is 3.72. The smallest absolute Gasteiger partial charge is 0.405 e. The van der Waals surface area contributed by atoms with Crippen LogP contribution in [0.2, 0.25) is 0 Å². The molecule has 0 radical (unpaired) electrons. The average Bonchev–Trinajstić information content (AvgIpc) is 3.30. The molecular weight excluding hydrogens is 442 g/mol. The number of benzene rings is 2. The zero-order valence-corrected chi connectivity index (χ0v) is 19.6. The average molecular weight is 472 g/mol. The van der Waals surface area contributed by atoms with Gasteiger partial charge in [0.1, 0.15) is 5.76 Å². The Labute approximate surface area is 204 Å². The van der Waals surface area contributed by atoms with Gasteiger partial charge in [0.15, 0.2) is 5.88 Å². The number of ether oxygens (including phenoxy) is 1. The Bertz CT molecular complexity index is 1240. The largest absolute Gasteiger partial charge is 0.465 e. The second kappa shape index (κ2) is 8.82. The summed E-state index contributed by atoms with van der Waals surface area (Å²) in [4.78, 5) is 15.9. The second-order valence-electron chi connectivity index (χ2n) is 9.46. The zero-order valence-electron chi connectivity index (χ0n) is 19.6. The highest BCUT2D eigenvalue weighted by molar-refractivity contribution is 5.92. The molecule has 1 saturated heterocycles. The molecule has 0 atom stereocenters. The molecule has 2 aliphatic heterocycles. The number of nitrogens with one attached hydrogen (secondary N) is 1. The molecular formula is C28H29N3O4. The minimum absolute atomic E-state index is 0.467. The number of hydrogen-bond donors (Lipinski definition) is 2. The molecule has 180 valence electrons. The lowest BCUT2D eigenvalue weighted by molar-refractivity contribution is 0.120. The van der Waals surface area contributed by atoms with Gasteiger partial charge in [-0.1, -0.05) is 42.5 Å². The van der Waals surface area contributed by atoms with E-state index in [1.54, 1.807) is 0 Å². The molecule has 0 spiro atoms. The van der Waals surface area contributed by atoms with Gasteiger partial charge >= 0.3 is 6.09 Å². The van der Waals surface area contributed by atoms with Crippen LogP contribution >= 0.6 is 0 Å². The van der Waals surface area contributed by atoms with E-state index in [4.69, 9.17) is 9.15 Å². The Hall–Kier alpha value is -3.71. The third-order valence-electron chi connectivity index (χ3n) is 7.39. The van der Waals surface area contributed by atoms with E-state index in [1.807, 2.05) is 6.07 Å². The first kappa shape index (κ1) is 21.8. The van der Waals surface area contributed by atoms with Gasteiger partial charge in [0.05, 0.1) is 25.3 Å². The molecule has 2 aromatic carbocycles. The van der Waals surface area contributed by atoms with Crippen molar-refractivity contribution in [3.63, 3.8) is 0 Å². The van der Waals surface area contributed by atoms with Crippen LogP contribution in [-0.2, 0) is 16.8 Å². The molecule has 1 amide bonds. The van der Waals surface area contributed by atoms with E-state index in [0.717, 1.165) is 72.1 Å². The Balaban J connectivity index is 1.34. The Kier molecular flexibility index (Phi) is 5.49. The monoisotopic (exact) mass is 471 g/mol. The molecule has 3 aliphatic rings. The molecule has 35 heavy (non-hydrogen) atoms.